The quantitative estimate of drug-likeness (QED) is 0.658. The molecule has 0 aliphatic carbocycles. The molecule has 1 aliphatic heterocycles. The van der Waals surface area contributed by atoms with E-state index in [1.54, 1.807) is 0 Å². The lowest BCUT2D eigenvalue weighted by atomic mass is 9.96. The van der Waals surface area contributed by atoms with Gasteiger partial charge in [0.1, 0.15) is 0 Å². The first kappa shape index (κ1) is 14.4. The maximum atomic E-state index is 6.14. The van der Waals surface area contributed by atoms with Gasteiger partial charge in [-0.3, -0.25) is 4.90 Å². The number of hydrogen-bond donors (Lipinski definition) is 2. The van der Waals surface area contributed by atoms with Gasteiger partial charge < -0.3 is 11.1 Å². The average Bonchev–Trinajstić information content (AvgIpc) is 2.40. The van der Waals surface area contributed by atoms with E-state index in [2.05, 4.69) is 23.7 Å². The molecule has 0 bridgehead atoms. The predicted molar refractivity (Wildman–Crippen MR) is 82.5 cm³/mol. The summed E-state index contributed by atoms with van der Waals surface area (Å²) in [6, 6.07) is 6.01. The van der Waals surface area contributed by atoms with E-state index in [9.17, 15) is 0 Å². The van der Waals surface area contributed by atoms with Crippen LogP contribution in [-0.4, -0.2) is 31.1 Å². The van der Waals surface area contributed by atoms with Crippen molar-refractivity contribution in [1.82, 2.24) is 10.2 Å². The highest BCUT2D eigenvalue weighted by atomic mass is 35.5. The molecule has 104 valence electrons. The van der Waals surface area contributed by atoms with Crippen LogP contribution in [0, 0.1) is 0 Å². The molecule has 1 heterocycles. The molecule has 0 aromatic heterocycles. The average molecular weight is 280 g/mol. The summed E-state index contributed by atoms with van der Waals surface area (Å²) in [6.07, 6.45) is 0.921. The van der Waals surface area contributed by atoms with Gasteiger partial charge in [-0.25, -0.2) is 0 Å². The lowest BCUT2D eigenvalue weighted by molar-refractivity contribution is 0.173. The van der Waals surface area contributed by atoms with Crippen LogP contribution in [0.15, 0.2) is 30.4 Å². The normalized spacial score (nSPS) is 18.2. The molecule has 0 amide bonds. The summed E-state index contributed by atoms with van der Waals surface area (Å²) in [6.45, 7) is 10.2. The predicted octanol–water partition coefficient (Wildman–Crippen LogP) is 2.83. The van der Waals surface area contributed by atoms with Crippen molar-refractivity contribution in [2.45, 2.75) is 19.4 Å². The zero-order valence-electron chi connectivity index (χ0n) is 11.5. The van der Waals surface area contributed by atoms with Gasteiger partial charge in [-0.15, -0.1) is 6.58 Å². The second kappa shape index (κ2) is 6.42. The summed E-state index contributed by atoms with van der Waals surface area (Å²) in [4.78, 5) is 2.47. The number of halogens is 1. The molecule has 1 aliphatic rings. The van der Waals surface area contributed by atoms with Gasteiger partial charge in [-0.2, -0.15) is 0 Å². The molecule has 2 rings (SSSR count). The standard InChI is InChI=1S/C15H22ClN3/c1-11(2)9-15(19-7-5-18-6-8-19)13-10-12(16)3-4-14(13)17/h3-4,10,15,18H,1,5-9,17H2,2H3/t15-/m0/s1. The molecule has 1 atom stereocenters. The summed E-state index contributed by atoms with van der Waals surface area (Å²) in [5.41, 5.74) is 9.25. The second-order valence-corrected chi connectivity index (χ2v) is 5.67. The largest absolute Gasteiger partial charge is 0.398 e. The van der Waals surface area contributed by atoms with E-state index >= 15 is 0 Å². The molecule has 0 radical (unpaired) electrons. The number of benzene rings is 1. The van der Waals surface area contributed by atoms with E-state index < -0.39 is 0 Å². The van der Waals surface area contributed by atoms with E-state index in [4.69, 9.17) is 17.3 Å². The van der Waals surface area contributed by atoms with Crippen molar-refractivity contribution in [3.05, 3.63) is 40.9 Å². The number of nitrogens with zero attached hydrogens (tertiary/aromatic N) is 1. The van der Waals surface area contributed by atoms with Gasteiger partial charge in [0.25, 0.3) is 0 Å². The maximum absolute atomic E-state index is 6.14. The molecular formula is C15H22ClN3. The molecule has 19 heavy (non-hydrogen) atoms. The Labute approximate surface area is 120 Å². The minimum Gasteiger partial charge on any atom is -0.398 e. The third-order valence-electron chi connectivity index (χ3n) is 3.54. The number of anilines is 1. The van der Waals surface area contributed by atoms with Crippen molar-refractivity contribution in [1.29, 1.82) is 0 Å². The van der Waals surface area contributed by atoms with Crippen LogP contribution in [0.4, 0.5) is 5.69 Å². The number of nitrogen functional groups attached to an aromatic ring is 1. The number of nitrogens with two attached hydrogens (primary N) is 1. The fraction of sp³-hybridized carbons (Fsp3) is 0.467. The van der Waals surface area contributed by atoms with Gasteiger partial charge in [-0.1, -0.05) is 17.2 Å². The minimum atomic E-state index is 0.276. The monoisotopic (exact) mass is 279 g/mol. The van der Waals surface area contributed by atoms with Crippen LogP contribution in [0.5, 0.6) is 0 Å². The summed E-state index contributed by atoms with van der Waals surface area (Å²) in [7, 11) is 0. The Bertz CT molecular complexity index is 453. The van der Waals surface area contributed by atoms with E-state index in [0.29, 0.717) is 0 Å². The molecule has 1 aromatic carbocycles. The third kappa shape index (κ3) is 3.72. The number of hydrogen-bond acceptors (Lipinski definition) is 3. The Morgan fingerprint density at radius 3 is 2.79 bits per heavy atom. The topological polar surface area (TPSA) is 41.3 Å². The fourth-order valence-corrected chi connectivity index (χ4v) is 2.77. The highest BCUT2D eigenvalue weighted by Crippen LogP contribution is 2.33. The molecule has 1 saturated heterocycles. The SMILES string of the molecule is C=C(C)C[C@@H](c1cc(Cl)ccc1N)N1CCNCC1. The van der Waals surface area contributed by atoms with Gasteiger partial charge in [-0.05, 0) is 37.1 Å². The van der Waals surface area contributed by atoms with Crippen molar-refractivity contribution in [3.63, 3.8) is 0 Å². The molecule has 3 N–H and O–H groups in total. The first-order valence-electron chi connectivity index (χ1n) is 6.72. The van der Waals surface area contributed by atoms with Crippen LogP contribution in [-0.2, 0) is 0 Å². The van der Waals surface area contributed by atoms with Crippen molar-refractivity contribution in [3.8, 4) is 0 Å². The van der Waals surface area contributed by atoms with Crippen LogP contribution in [0.25, 0.3) is 0 Å². The first-order valence-corrected chi connectivity index (χ1v) is 7.10. The molecule has 0 spiro atoms. The summed E-state index contributed by atoms with van der Waals surface area (Å²) < 4.78 is 0. The molecular weight excluding hydrogens is 258 g/mol. The van der Waals surface area contributed by atoms with Crippen LogP contribution in [0.2, 0.25) is 5.02 Å². The molecule has 0 unspecified atom stereocenters. The molecule has 1 fully saturated rings. The zero-order valence-corrected chi connectivity index (χ0v) is 12.2. The highest BCUT2D eigenvalue weighted by molar-refractivity contribution is 6.30. The highest BCUT2D eigenvalue weighted by Gasteiger charge is 2.23. The summed E-state index contributed by atoms with van der Waals surface area (Å²) >= 11 is 6.13. The van der Waals surface area contributed by atoms with Crippen LogP contribution < -0.4 is 11.1 Å². The fourth-order valence-electron chi connectivity index (χ4n) is 2.59. The number of piperazine rings is 1. The van der Waals surface area contributed by atoms with Crippen molar-refractivity contribution in [2.75, 3.05) is 31.9 Å². The third-order valence-corrected chi connectivity index (χ3v) is 3.78. The zero-order chi connectivity index (χ0) is 13.8. The van der Waals surface area contributed by atoms with Gasteiger partial charge in [0, 0.05) is 42.9 Å². The van der Waals surface area contributed by atoms with Crippen LogP contribution in [0.1, 0.15) is 24.9 Å². The number of nitrogens with one attached hydrogen (secondary N) is 1. The summed E-state index contributed by atoms with van der Waals surface area (Å²) in [5.74, 6) is 0. The van der Waals surface area contributed by atoms with Crippen molar-refractivity contribution >= 4 is 17.3 Å². The summed E-state index contributed by atoms with van der Waals surface area (Å²) in [5, 5.41) is 4.12. The first-order chi connectivity index (χ1) is 9.08. The van der Waals surface area contributed by atoms with Gasteiger partial charge in [0.15, 0.2) is 0 Å². The second-order valence-electron chi connectivity index (χ2n) is 5.24. The van der Waals surface area contributed by atoms with Crippen LogP contribution in [0.3, 0.4) is 0 Å². The Morgan fingerprint density at radius 2 is 2.16 bits per heavy atom. The Balaban J connectivity index is 2.29. The van der Waals surface area contributed by atoms with Crippen molar-refractivity contribution < 1.29 is 0 Å². The van der Waals surface area contributed by atoms with E-state index in [0.717, 1.165) is 48.9 Å². The van der Waals surface area contributed by atoms with Crippen LogP contribution >= 0.6 is 11.6 Å². The number of rotatable bonds is 4. The van der Waals surface area contributed by atoms with E-state index in [1.807, 2.05) is 18.2 Å². The van der Waals surface area contributed by atoms with Gasteiger partial charge in [0.05, 0.1) is 0 Å². The Kier molecular flexibility index (Phi) is 4.86. The van der Waals surface area contributed by atoms with Gasteiger partial charge in [0.2, 0.25) is 0 Å². The Hall–Kier alpha value is -1.03. The van der Waals surface area contributed by atoms with Crippen molar-refractivity contribution in [2.24, 2.45) is 0 Å². The molecule has 1 aromatic rings. The smallest absolute Gasteiger partial charge is 0.0410 e. The molecule has 0 saturated carbocycles. The van der Waals surface area contributed by atoms with E-state index in [1.165, 1.54) is 5.57 Å². The lowest BCUT2D eigenvalue weighted by Gasteiger charge is -2.36. The molecule has 3 nitrogen and oxygen atoms in total. The minimum absolute atomic E-state index is 0.276. The molecule has 4 heteroatoms. The van der Waals surface area contributed by atoms with Gasteiger partial charge >= 0.3 is 0 Å². The van der Waals surface area contributed by atoms with E-state index in [-0.39, 0.29) is 6.04 Å². The lowest BCUT2D eigenvalue weighted by Crippen LogP contribution is -2.45. The maximum Gasteiger partial charge on any atom is 0.0410 e. The Morgan fingerprint density at radius 1 is 1.47 bits per heavy atom.